The maximum absolute atomic E-state index is 8.75. The number of nitrogen functional groups attached to an aromatic ring is 1. The summed E-state index contributed by atoms with van der Waals surface area (Å²) in [6, 6.07) is 5.01. The summed E-state index contributed by atoms with van der Waals surface area (Å²) in [6.07, 6.45) is 10.1. The molecule has 9 nitrogen and oxygen atoms in total. The van der Waals surface area contributed by atoms with Crippen molar-refractivity contribution < 1.29 is 4.74 Å². The van der Waals surface area contributed by atoms with Gasteiger partial charge in [-0.1, -0.05) is 23.2 Å². The zero-order valence-corrected chi connectivity index (χ0v) is 22.1. The average Bonchev–Trinajstić information content (AvgIpc) is 3.24. The highest BCUT2D eigenvalue weighted by Crippen LogP contribution is 2.38. The first-order chi connectivity index (χ1) is 17.8. The Morgan fingerprint density at radius 2 is 1.73 bits per heavy atom. The first-order valence-electron chi connectivity index (χ1n) is 12.3. The maximum atomic E-state index is 8.75. The van der Waals surface area contributed by atoms with Crippen LogP contribution < -0.4 is 21.1 Å². The van der Waals surface area contributed by atoms with Crippen LogP contribution >= 0.6 is 23.2 Å². The summed E-state index contributed by atoms with van der Waals surface area (Å²) in [7, 11) is 2.24. The molecule has 0 unspecified atom stereocenters. The Labute approximate surface area is 226 Å². The molecule has 5 N–H and O–H groups in total. The second-order valence-electron chi connectivity index (χ2n) is 9.69. The normalized spacial score (nSPS) is 18.2. The molecule has 1 aromatic carbocycles. The summed E-state index contributed by atoms with van der Waals surface area (Å²) in [5, 5.41) is 9.36. The number of nitrogens with one attached hydrogen (secondary N) is 1. The second-order valence-corrected chi connectivity index (χ2v) is 10.5. The number of ether oxygens (including phenoxy) is 1. The molecule has 0 saturated carbocycles. The molecule has 4 heterocycles. The van der Waals surface area contributed by atoms with Crippen molar-refractivity contribution in [1.82, 2.24) is 19.9 Å². The Morgan fingerprint density at radius 3 is 2.35 bits per heavy atom. The summed E-state index contributed by atoms with van der Waals surface area (Å²) >= 11 is 12.4. The van der Waals surface area contributed by atoms with Gasteiger partial charge in [0.15, 0.2) is 6.23 Å². The highest BCUT2D eigenvalue weighted by Gasteiger charge is 2.41. The molecule has 0 bridgehead atoms. The van der Waals surface area contributed by atoms with Crippen LogP contribution in [-0.4, -0.2) is 57.8 Å². The van der Waals surface area contributed by atoms with E-state index < -0.39 is 6.23 Å². The molecule has 2 aliphatic rings. The van der Waals surface area contributed by atoms with Gasteiger partial charge < -0.3 is 20.3 Å². The molecule has 2 aliphatic heterocycles. The number of aromatic nitrogens is 3. The molecule has 3 aromatic rings. The van der Waals surface area contributed by atoms with Crippen LogP contribution in [0.4, 0.5) is 11.6 Å². The van der Waals surface area contributed by atoms with Gasteiger partial charge in [-0.25, -0.2) is 9.97 Å². The molecule has 2 saturated heterocycles. The van der Waals surface area contributed by atoms with E-state index in [0.717, 1.165) is 25.9 Å². The highest BCUT2D eigenvalue weighted by molar-refractivity contribution is 6.35. The summed E-state index contributed by atoms with van der Waals surface area (Å²) in [5.41, 5.74) is 14.8. The molecule has 0 aliphatic carbocycles. The van der Waals surface area contributed by atoms with Crippen LogP contribution in [0.25, 0.3) is 0 Å². The van der Waals surface area contributed by atoms with Crippen LogP contribution in [0.3, 0.4) is 0 Å². The van der Waals surface area contributed by atoms with Crippen molar-refractivity contribution >= 4 is 40.5 Å². The minimum atomic E-state index is -0.927. The van der Waals surface area contributed by atoms with E-state index in [9.17, 15) is 0 Å². The number of hydrogen-bond acceptors (Lipinski definition) is 9. The van der Waals surface area contributed by atoms with Crippen molar-refractivity contribution in [3.63, 3.8) is 0 Å². The average molecular weight is 541 g/mol. The van der Waals surface area contributed by atoms with Crippen molar-refractivity contribution in [2.24, 2.45) is 5.73 Å². The number of nitrogens with two attached hydrogens (primary N) is 2. The molecule has 1 spiro atoms. The SMILES string of the molecule is CN1CCCC12CCN(c1ncc(C(=N)c3cc(O[C@H](N)c4c(Cl)cncc4Cl)ccc3N)cn1)CC2. The van der Waals surface area contributed by atoms with Crippen LogP contribution in [0.1, 0.15) is 48.6 Å². The number of nitrogens with zero attached hydrogens (tertiary/aromatic N) is 5. The van der Waals surface area contributed by atoms with Gasteiger partial charge in [-0.15, -0.1) is 0 Å². The molecule has 1 atom stereocenters. The molecule has 5 rings (SSSR count). The number of rotatable bonds is 6. The topological polar surface area (TPSA) is 130 Å². The van der Waals surface area contributed by atoms with Gasteiger partial charge in [0.25, 0.3) is 0 Å². The Morgan fingerprint density at radius 1 is 1.05 bits per heavy atom. The number of anilines is 2. The Balaban J connectivity index is 1.28. The highest BCUT2D eigenvalue weighted by atomic mass is 35.5. The number of halogens is 2. The first kappa shape index (κ1) is 25.7. The van der Waals surface area contributed by atoms with E-state index >= 15 is 0 Å². The minimum Gasteiger partial charge on any atom is -0.471 e. The van der Waals surface area contributed by atoms with E-state index in [1.807, 2.05) is 0 Å². The Hall–Kier alpha value is -2.98. The van der Waals surface area contributed by atoms with E-state index in [0.29, 0.717) is 49.7 Å². The zero-order chi connectivity index (χ0) is 26.2. The van der Waals surface area contributed by atoms with Crippen molar-refractivity contribution in [1.29, 1.82) is 5.41 Å². The largest absolute Gasteiger partial charge is 0.471 e. The molecular weight excluding hydrogens is 511 g/mol. The van der Waals surface area contributed by atoms with E-state index in [1.54, 1.807) is 30.6 Å². The number of hydrogen-bond donors (Lipinski definition) is 3. The van der Waals surface area contributed by atoms with Crippen molar-refractivity contribution in [2.75, 3.05) is 37.3 Å². The predicted octanol–water partition coefficient (Wildman–Crippen LogP) is 4.28. The third kappa shape index (κ3) is 5.09. The fourth-order valence-electron chi connectivity index (χ4n) is 5.32. The fourth-order valence-corrected chi connectivity index (χ4v) is 5.90. The summed E-state index contributed by atoms with van der Waals surface area (Å²) < 4.78 is 5.88. The van der Waals surface area contributed by atoms with Crippen LogP contribution in [0.2, 0.25) is 10.0 Å². The van der Waals surface area contributed by atoms with Crippen molar-refractivity contribution in [3.05, 3.63) is 69.7 Å². The molecular formula is C26H30Cl2N8O. The monoisotopic (exact) mass is 540 g/mol. The van der Waals surface area contributed by atoms with Gasteiger partial charge in [-0.05, 0) is 57.5 Å². The van der Waals surface area contributed by atoms with E-state index in [1.165, 1.54) is 31.8 Å². The number of piperidine rings is 1. The lowest BCUT2D eigenvalue weighted by Gasteiger charge is -2.43. The Kier molecular flexibility index (Phi) is 7.22. The lowest BCUT2D eigenvalue weighted by atomic mass is 9.85. The van der Waals surface area contributed by atoms with Crippen LogP contribution in [0, 0.1) is 5.41 Å². The van der Waals surface area contributed by atoms with Gasteiger partial charge in [0.2, 0.25) is 5.95 Å². The van der Waals surface area contributed by atoms with Crippen LogP contribution in [0.15, 0.2) is 43.0 Å². The predicted molar refractivity (Wildman–Crippen MR) is 147 cm³/mol. The Bertz CT molecular complexity index is 1270. The van der Waals surface area contributed by atoms with Crippen LogP contribution in [0.5, 0.6) is 5.75 Å². The second kappa shape index (κ2) is 10.4. The van der Waals surface area contributed by atoms with Gasteiger partial charge >= 0.3 is 0 Å². The van der Waals surface area contributed by atoms with E-state index in [-0.39, 0.29) is 5.71 Å². The van der Waals surface area contributed by atoms with Crippen molar-refractivity contribution in [3.8, 4) is 5.75 Å². The number of pyridine rings is 1. The third-order valence-corrected chi connectivity index (χ3v) is 8.18. The van der Waals surface area contributed by atoms with E-state index in [2.05, 4.69) is 31.8 Å². The zero-order valence-electron chi connectivity index (χ0n) is 20.6. The summed E-state index contributed by atoms with van der Waals surface area (Å²) in [5.74, 6) is 1.11. The lowest BCUT2D eigenvalue weighted by Crippen LogP contribution is -2.51. The van der Waals surface area contributed by atoms with Gasteiger partial charge in [-0.2, -0.15) is 0 Å². The summed E-state index contributed by atoms with van der Waals surface area (Å²) in [4.78, 5) is 17.8. The van der Waals surface area contributed by atoms with Gasteiger partial charge in [0.1, 0.15) is 5.75 Å². The molecule has 11 heteroatoms. The maximum Gasteiger partial charge on any atom is 0.225 e. The molecule has 0 amide bonds. The third-order valence-electron chi connectivity index (χ3n) is 7.58. The molecule has 0 radical (unpaired) electrons. The molecule has 194 valence electrons. The smallest absolute Gasteiger partial charge is 0.225 e. The van der Waals surface area contributed by atoms with Gasteiger partial charge in [-0.3, -0.25) is 16.1 Å². The standard InChI is InChI=1S/C26H30Cl2N8O/c1-35-8-2-5-26(35)6-9-36(10-7-26)25-33-12-16(13-34-25)23(30)18-11-17(3-4-21(18)29)37-24(31)22-19(27)14-32-15-20(22)28/h3-4,11-15,24,30H,2,5-10,29,31H2,1H3/t24-/m0/s1. The minimum absolute atomic E-state index is 0.188. The van der Waals surface area contributed by atoms with Crippen molar-refractivity contribution in [2.45, 2.75) is 37.5 Å². The molecule has 37 heavy (non-hydrogen) atoms. The number of likely N-dealkylation sites (tertiary alicyclic amines) is 1. The lowest BCUT2D eigenvalue weighted by molar-refractivity contribution is 0.137. The molecule has 2 fully saturated rings. The quantitative estimate of drug-likeness (QED) is 0.240. The number of benzene rings is 1. The van der Waals surface area contributed by atoms with Crippen LogP contribution in [-0.2, 0) is 0 Å². The summed E-state index contributed by atoms with van der Waals surface area (Å²) in [6.45, 7) is 3.04. The molecule has 2 aromatic heterocycles. The van der Waals surface area contributed by atoms with Gasteiger partial charge in [0, 0.05) is 65.8 Å². The first-order valence-corrected chi connectivity index (χ1v) is 13.0. The van der Waals surface area contributed by atoms with Gasteiger partial charge in [0.05, 0.1) is 15.8 Å². The fraction of sp³-hybridized carbons (Fsp3) is 0.385. The van der Waals surface area contributed by atoms with E-state index in [4.69, 9.17) is 44.8 Å².